The van der Waals surface area contributed by atoms with E-state index in [1.54, 1.807) is 0 Å². The van der Waals surface area contributed by atoms with E-state index in [2.05, 4.69) is 11.8 Å². The summed E-state index contributed by atoms with van der Waals surface area (Å²) in [6.07, 6.45) is 3.24. The van der Waals surface area contributed by atoms with Crippen LogP contribution in [0.25, 0.3) is 0 Å². The lowest BCUT2D eigenvalue weighted by Gasteiger charge is -2.29. The lowest BCUT2D eigenvalue weighted by Crippen LogP contribution is -2.35. The zero-order valence-corrected chi connectivity index (χ0v) is 8.98. The van der Waals surface area contributed by atoms with Gasteiger partial charge < -0.3 is 9.84 Å². The lowest BCUT2D eigenvalue weighted by atomic mass is 9.99. The van der Waals surface area contributed by atoms with Crippen molar-refractivity contribution in [3.63, 3.8) is 0 Å². The predicted octanol–water partition coefficient (Wildman–Crippen LogP) is 0.868. The molecule has 2 saturated heterocycles. The van der Waals surface area contributed by atoms with Gasteiger partial charge in [0, 0.05) is 32.3 Å². The highest BCUT2D eigenvalue weighted by Crippen LogP contribution is 2.22. The van der Waals surface area contributed by atoms with Gasteiger partial charge in [-0.15, -0.1) is 0 Å². The molecule has 2 fully saturated rings. The topological polar surface area (TPSA) is 32.7 Å². The van der Waals surface area contributed by atoms with Crippen LogP contribution in [0.4, 0.5) is 0 Å². The van der Waals surface area contributed by atoms with Crippen LogP contribution >= 0.6 is 0 Å². The average molecular weight is 199 g/mol. The van der Waals surface area contributed by atoms with E-state index in [9.17, 15) is 5.11 Å². The fourth-order valence-electron chi connectivity index (χ4n) is 2.58. The molecular weight excluding hydrogens is 178 g/mol. The highest BCUT2D eigenvalue weighted by Gasteiger charge is 2.29. The first kappa shape index (κ1) is 10.4. The van der Waals surface area contributed by atoms with Gasteiger partial charge in [0.05, 0.1) is 6.10 Å². The van der Waals surface area contributed by atoms with Crippen molar-refractivity contribution >= 4 is 0 Å². The molecule has 3 heteroatoms. The normalized spacial score (nSPS) is 36.4. The maximum Gasteiger partial charge on any atom is 0.0682 e. The van der Waals surface area contributed by atoms with Crippen LogP contribution in [0, 0.1) is 5.92 Å². The lowest BCUT2D eigenvalue weighted by molar-refractivity contribution is 0.0501. The summed E-state index contributed by atoms with van der Waals surface area (Å²) in [6.45, 7) is 6.10. The van der Waals surface area contributed by atoms with Gasteiger partial charge in [0.2, 0.25) is 0 Å². The molecule has 1 N–H and O–H groups in total. The molecule has 0 amide bonds. The van der Waals surface area contributed by atoms with Crippen LogP contribution in [0.2, 0.25) is 0 Å². The van der Waals surface area contributed by atoms with Gasteiger partial charge in [0.15, 0.2) is 0 Å². The van der Waals surface area contributed by atoms with E-state index in [4.69, 9.17) is 4.74 Å². The Labute approximate surface area is 86.0 Å². The number of likely N-dealkylation sites (tertiary alicyclic amines) is 1. The van der Waals surface area contributed by atoms with Gasteiger partial charge in [-0.05, 0) is 32.1 Å². The molecule has 2 aliphatic rings. The molecule has 0 radical (unpaired) electrons. The smallest absolute Gasteiger partial charge is 0.0682 e. The van der Waals surface area contributed by atoms with Crippen LogP contribution in [0.15, 0.2) is 0 Å². The minimum absolute atomic E-state index is 0.0927. The van der Waals surface area contributed by atoms with E-state index in [0.717, 1.165) is 38.6 Å². The van der Waals surface area contributed by atoms with Crippen LogP contribution in [0.1, 0.15) is 26.2 Å². The van der Waals surface area contributed by atoms with Crippen molar-refractivity contribution in [2.24, 2.45) is 5.92 Å². The monoisotopic (exact) mass is 199 g/mol. The summed E-state index contributed by atoms with van der Waals surface area (Å²) < 4.78 is 5.34. The van der Waals surface area contributed by atoms with Gasteiger partial charge in [0.25, 0.3) is 0 Å². The highest BCUT2D eigenvalue weighted by molar-refractivity contribution is 4.83. The molecule has 82 valence electrons. The quantitative estimate of drug-likeness (QED) is 0.716. The molecule has 2 aliphatic heterocycles. The SMILES string of the molecule is CC1C[C@@H](O)CN1CC1CCOCC1. The fraction of sp³-hybridized carbons (Fsp3) is 1.00. The number of ether oxygens (including phenoxy) is 1. The third-order valence-corrected chi connectivity index (χ3v) is 3.52. The Kier molecular flexibility index (Phi) is 3.42. The minimum Gasteiger partial charge on any atom is -0.392 e. The summed E-state index contributed by atoms with van der Waals surface area (Å²) in [7, 11) is 0. The van der Waals surface area contributed by atoms with Gasteiger partial charge in [-0.1, -0.05) is 0 Å². The van der Waals surface area contributed by atoms with E-state index >= 15 is 0 Å². The third kappa shape index (κ3) is 2.47. The molecule has 2 rings (SSSR count). The average Bonchev–Trinajstić information content (AvgIpc) is 2.47. The van der Waals surface area contributed by atoms with Gasteiger partial charge in [-0.2, -0.15) is 0 Å². The largest absolute Gasteiger partial charge is 0.392 e. The summed E-state index contributed by atoms with van der Waals surface area (Å²) in [5.41, 5.74) is 0. The summed E-state index contributed by atoms with van der Waals surface area (Å²) in [6, 6.07) is 0.563. The second-order valence-electron chi connectivity index (χ2n) is 4.75. The minimum atomic E-state index is -0.0927. The van der Waals surface area contributed by atoms with Crippen molar-refractivity contribution in [1.82, 2.24) is 4.90 Å². The predicted molar refractivity (Wildman–Crippen MR) is 55.2 cm³/mol. The molecule has 2 atom stereocenters. The van der Waals surface area contributed by atoms with Crippen LogP contribution in [-0.4, -0.2) is 48.5 Å². The molecule has 0 aliphatic carbocycles. The van der Waals surface area contributed by atoms with Crippen molar-refractivity contribution in [2.45, 2.75) is 38.3 Å². The van der Waals surface area contributed by atoms with Crippen LogP contribution in [-0.2, 0) is 4.74 Å². The van der Waals surface area contributed by atoms with Gasteiger partial charge >= 0.3 is 0 Å². The maximum atomic E-state index is 9.53. The van der Waals surface area contributed by atoms with E-state index in [1.165, 1.54) is 12.8 Å². The van der Waals surface area contributed by atoms with E-state index in [1.807, 2.05) is 0 Å². The second-order valence-corrected chi connectivity index (χ2v) is 4.75. The Morgan fingerprint density at radius 3 is 2.64 bits per heavy atom. The first-order valence-electron chi connectivity index (χ1n) is 5.75. The molecule has 3 nitrogen and oxygen atoms in total. The first-order valence-corrected chi connectivity index (χ1v) is 5.75. The second kappa shape index (κ2) is 4.60. The summed E-state index contributed by atoms with van der Waals surface area (Å²) >= 11 is 0. The zero-order valence-electron chi connectivity index (χ0n) is 8.98. The summed E-state index contributed by atoms with van der Waals surface area (Å²) in [4.78, 5) is 2.43. The number of aliphatic hydroxyl groups is 1. The summed E-state index contributed by atoms with van der Waals surface area (Å²) in [5, 5.41) is 9.53. The molecule has 14 heavy (non-hydrogen) atoms. The molecule has 0 aromatic heterocycles. The Hall–Kier alpha value is -0.120. The van der Waals surface area contributed by atoms with Gasteiger partial charge in [-0.3, -0.25) is 4.90 Å². The number of rotatable bonds is 2. The molecule has 0 saturated carbocycles. The molecule has 0 aromatic rings. The van der Waals surface area contributed by atoms with Gasteiger partial charge in [-0.25, -0.2) is 0 Å². The highest BCUT2D eigenvalue weighted by atomic mass is 16.5. The number of nitrogens with zero attached hydrogens (tertiary/aromatic N) is 1. The van der Waals surface area contributed by atoms with Crippen molar-refractivity contribution in [2.75, 3.05) is 26.3 Å². The molecule has 0 bridgehead atoms. The van der Waals surface area contributed by atoms with E-state index in [-0.39, 0.29) is 6.10 Å². The van der Waals surface area contributed by atoms with Crippen molar-refractivity contribution in [3.8, 4) is 0 Å². The number of hydrogen-bond donors (Lipinski definition) is 1. The Morgan fingerprint density at radius 1 is 1.36 bits per heavy atom. The summed E-state index contributed by atoms with van der Waals surface area (Å²) in [5.74, 6) is 0.788. The number of hydrogen-bond acceptors (Lipinski definition) is 3. The van der Waals surface area contributed by atoms with Crippen molar-refractivity contribution in [3.05, 3.63) is 0 Å². The maximum absolute atomic E-state index is 9.53. The Bertz CT molecular complexity index is 180. The standard InChI is InChI=1S/C11H21NO2/c1-9-6-11(13)8-12(9)7-10-2-4-14-5-3-10/h9-11,13H,2-8H2,1H3/t9?,11-/m1/s1. The van der Waals surface area contributed by atoms with Crippen molar-refractivity contribution in [1.29, 1.82) is 0 Å². The zero-order chi connectivity index (χ0) is 9.97. The van der Waals surface area contributed by atoms with Gasteiger partial charge in [0.1, 0.15) is 0 Å². The van der Waals surface area contributed by atoms with Crippen LogP contribution < -0.4 is 0 Å². The Morgan fingerprint density at radius 2 is 2.07 bits per heavy atom. The van der Waals surface area contributed by atoms with Crippen LogP contribution in [0.3, 0.4) is 0 Å². The Balaban J connectivity index is 1.78. The molecule has 0 aromatic carbocycles. The molecule has 2 heterocycles. The fourth-order valence-corrected chi connectivity index (χ4v) is 2.58. The first-order chi connectivity index (χ1) is 6.75. The molecule has 0 spiro atoms. The third-order valence-electron chi connectivity index (χ3n) is 3.52. The van der Waals surface area contributed by atoms with E-state index in [0.29, 0.717) is 6.04 Å². The molecule has 1 unspecified atom stereocenters. The van der Waals surface area contributed by atoms with Crippen LogP contribution in [0.5, 0.6) is 0 Å². The number of aliphatic hydroxyl groups excluding tert-OH is 1. The van der Waals surface area contributed by atoms with Crippen molar-refractivity contribution < 1.29 is 9.84 Å². The van der Waals surface area contributed by atoms with E-state index < -0.39 is 0 Å². The number of β-amino-alcohol motifs (C(OH)–C–C–N with tert-alkyl or cyclic N) is 1. The molecular formula is C11H21NO2.